The topological polar surface area (TPSA) is 45.9 Å². The van der Waals surface area contributed by atoms with Gasteiger partial charge in [-0.2, -0.15) is 0 Å². The molecule has 1 saturated heterocycles. The molecule has 1 aliphatic carbocycles. The number of anilines is 1. The molecule has 0 spiro atoms. The van der Waals surface area contributed by atoms with Gasteiger partial charge in [-0.25, -0.2) is 0 Å². The van der Waals surface area contributed by atoms with Crippen LogP contribution in [0.15, 0.2) is 83.3 Å². The van der Waals surface area contributed by atoms with E-state index in [1.54, 1.807) is 0 Å². The molecule has 1 aromatic heterocycles. The van der Waals surface area contributed by atoms with E-state index < -0.39 is 0 Å². The van der Waals surface area contributed by atoms with Crippen molar-refractivity contribution in [3.05, 3.63) is 118 Å². The average Bonchev–Trinajstić information content (AvgIpc) is 3.48. The maximum atomic E-state index is 13.4. The number of carbonyl (C=O) groups excluding carboxylic acids is 1. The van der Waals surface area contributed by atoms with Crippen LogP contribution in [0.4, 0.5) is 5.69 Å². The van der Waals surface area contributed by atoms with Crippen LogP contribution in [0, 0.1) is 6.92 Å². The van der Waals surface area contributed by atoms with Crippen molar-refractivity contribution in [2.45, 2.75) is 71.3 Å². The van der Waals surface area contributed by atoms with Crippen LogP contribution >= 0.6 is 0 Å². The number of hydrogen-bond acceptors (Lipinski definition) is 4. The van der Waals surface area contributed by atoms with E-state index in [-0.39, 0.29) is 16.7 Å². The summed E-state index contributed by atoms with van der Waals surface area (Å²) in [6.07, 6.45) is 3.10. The first-order chi connectivity index (χ1) is 20.6. The van der Waals surface area contributed by atoms with Crippen LogP contribution in [0.3, 0.4) is 0 Å². The molecule has 0 saturated carbocycles. The van der Waals surface area contributed by atoms with Crippen molar-refractivity contribution in [3.63, 3.8) is 0 Å². The SMILES string of the molecule is Cc1cc2c(cc1Cc1ccc(C(=O)N3CCN(c4ccc(OCc5ccccc5)cc4)CC3)o1)C(C)(C)CCC2(C)C. The number of benzene rings is 3. The standard InChI is InChI=1S/C38H44N2O3/c1-27-23-33-34(38(4,5)18-17-37(33,2)3)25-29(27)24-32-15-16-35(43-32)36(41)40-21-19-39(20-22-40)30-11-13-31(14-12-30)42-26-28-9-7-6-8-10-28/h6-16,23,25H,17-22,24,26H2,1-5H3. The molecule has 0 unspecified atom stereocenters. The smallest absolute Gasteiger partial charge is 0.289 e. The van der Waals surface area contributed by atoms with Crippen LogP contribution in [0.2, 0.25) is 0 Å². The first kappa shape index (κ1) is 29.1. The molecule has 3 aromatic carbocycles. The number of piperazine rings is 1. The van der Waals surface area contributed by atoms with Crippen LogP contribution in [0.1, 0.15) is 84.7 Å². The highest BCUT2D eigenvalue weighted by Gasteiger charge is 2.37. The van der Waals surface area contributed by atoms with Gasteiger partial charge in [0.15, 0.2) is 5.76 Å². The molecular weight excluding hydrogens is 532 g/mol. The molecule has 6 rings (SSSR count). The lowest BCUT2D eigenvalue weighted by molar-refractivity contribution is 0.0713. The third kappa shape index (κ3) is 6.22. The summed E-state index contributed by atoms with van der Waals surface area (Å²) in [7, 11) is 0. The number of hydrogen-bond donors (Lipinski definition) is 0. The number of ether oxygens (including phenoxy) is 1. The zero-order chi connectivity index (χ0) is 30.2. The molecular formula is C38H44N2O3. The van der Waals surface area contributed by atoms with E-state index in [9.17, 15) is 4.79 Å². The quantitative estimate of drug-likeness (QED) is 0.223. The number of carbonyl (C=O) groups is 1. The Balaban J connectivity index is 1.05. The Bertz CT molecular complexity index is 1580. The van der Waals surface area contributed by atoms with Gasteiger partial charge < -0.3 is 19.0 Å². The zero-order valence-corrected chi connectivity index (χ0v) is 26.3. The summed E-state index contributed by atoms with van der Waals surface area (Å²) in [5.74, 6) is 2.10. The second-order valence-corrected chi connectivity index (χ2v) is 13.6. The van der Waals surface area contributed by atoms with Crippen LogP contribution in [0.25, 0.3) is 0 Å². The normalized spacial score (nSPS) is 17.4. The number of rotatable bonds is 7. The predicted octanol–water partition coefficient (Wildman–Crippen LogP) is 8.07. The summed E-state index contributed by atoms with van der Waals surface area (Å²) in [5.41, 5.74) is 8.17. The van der Waals surface area contributed by atoms with Gasteiger partial charge in [0.25, 0.3) is 5.91 Å². The summed E-state index contributed by atoms with van der Waals surface area (Å²) in [5, 5.41) is 0. The van der Waals surface area contributed by atoms with Gasteiger partial charge in [-0.05, 0) is 94.8 Å². The highest BCUT2D eigenvalue weighted by Crippen LogP contribution is 2.46. The minimum atomic E-state index is -0.0272. The third-order valence-electron chi connectivity index (χ3n) is 9.56. The summed E-state index contributed by atoms with van der Waals surface area (Å²) < 4.78 is 12.1. The summed E-state index contributed by atoms with van der Waals surface area (Å²) in [6.45, 7) is 15.1. The van der Waals surface area contributed by atoms with Crippen LogP contribution < -0.4 is 9.64 Å². The Morgan fingerprint density at radius 1 is 0.814 bits per heavy atom. The van der Waals surface area contributed by atoms with Gasteiger partial charge in [0.2, 0.25) is 0 Å². The monoisotopic (exact) mass is 576 g/mol. The molecule has 1 amide bonds. The van der Waals surface area contributed by atoms with E-state index in [4.69, 9.17) is 9.15 Å². The summed E-state index contributed by atoms with van der Waals surface area (Å²) >= 11 is 0. The van der Waals surface area contributed by atoms with E-state index in [2.05, 4.69) is 75.9 Å². The Morgan fingerprint density at radius 3 is 2.14 bits per heavy atom. The van der Waals surface area contributed by atoms with Crippen LogP contribution in [0.5, 0.6) is 5.75 Å². The number of furan rings is 1. The Hall–Kier alpha value is -3.99. The lowest BCUT2D eigenvalue weighted by Crippen LogP contribution is -2.48. The highest BCUT2D eigenvalue weighted by molar-refractivity contribution is 5.91. The number of fused-ring (bicyclic) bond motifs is 1. The maximum Gasteiger partial charge on any atom is 0.289 e. The Morgan fingerprint density at radius 2 is 1.47 bits per heavy atom. The molecule has 5 heteroatoms. The van der Waals surface area contributed by atoms with Gasteiger partial charge in [0.1, 0.15) is 18.1 Å². The summed E-state index contributed by atoms with van der Waals surface area (Å²) in [4.78, 5) is 17.6. The summed E-state index contributed by atoms with van der Waals surface area (Å²) in [6, 6.07) is 27.0. The fraction of sp³-hybridized carbons (Fsp3) is 0.395. The fourth-order valence-corrected chi connectivity index (χ4v) is 6.55. The minimum Gasteiger partial charge on any atom is -0.489 e. The van der Waals surface area contributed by atoms with E-state index in [1.165, 1.54) is 35.1 Å². The zero-order valence-electron chi connectivity index (χ0n) is 26.3. The maximum absolute atomic E-state index is 13.4. The highest BCUT2D eigenvalue weighted by atomic mass is 16.5. The van der Waals surface area contributed by atoms with Crippen molar-refractivity contribution in [3.8, 4) is 5.75 Å². The van der Waals surface area contributed by atoms with Gasteiger partial charge in [-0.1, -0.05) is 70.2 Å². The minimum absolute atomic E-state index is 0.0272. The van der Waals surface area contributed by atoms with E-state index in [0.717, 1.165) is 35.9 Å². The van der Waals surface area contributed by atoms with Crippen molar-refractivity contribution in [2.75, 3.05) is 31.1 Å². The molecule has 0 radical (unpaired) electrons. The molecule has 0 bridgehead atoms. The number of aryl methyl sites for hydroxylation is 1. The third-order valence-corrected chi connectivity index (χ3v) is 9.56. The predicted molar refractivity (Wildman–Crippen MR) is 173 cm³/mol. The van der Waals surface area contributed by atoms with E-state index >= 15 is 0 Å². The molecule has 1 aliphatic heterocycles. The van der Waals surface area contributed by atoms with Crippen molar-refractivity contribution in [1.29, 1.82) is 0 Å². The van der Waals surface area contributed by atoms with Gasteiger partial charge >= 0.3 is 0 Å². The van der Waals surface area contributed by atoms with Crippen LogP contribution in [-0.4, -0.2) is 37.0 Å². The molecule has 2 heterocycles. The molecule has 0 N–H and O–H groups in total. The largest absolute Gasteiger partial charge is 0.489 e. The number of nitrogens with zero attached hydrogens (tertiary/aromatic N) is 2. The molecule has 43 heavy (non-hydrogen) atoms. The average molecular weight is 577 g/mol. The number of amides is 1. The second-order valence-electron chi connectivity index (χ2n) is 13.6. The lowest BCUT2D eigenvalue weighted by Gasteiger charge is -2.42. The first-order valence-electron chi connectivity index (χ1n) is 15.6. The second kappa shape index (κ2) is 11.6. The van der Waals surface area contributed by atoms with E-state index in [0.29, 0.717) is 31.9 Å². The van der Waals surface area contributed by atoms with Gasteiger partial charge in [0.05, 0.1) is 0 Å². The molecule has 5 nitrogen and oxygen atoms in total. The molecule has 0 atom stereocenters. The van der Waals surface area contributed by atoms with Gasteiger partial charge in [0, 0.05) is 38.3 Å². The lowest BCUT2D eigenvalue weighted by atomic mass is 9.62. The molecule has 224 valence electrons. The van der Waals surface area contributed by atoms with Gasteiger partial charge in [-0.3, -0.25) is 4.79 Å². The Labute approximate surface area is 256 Å². The van der Waals surface area contributed by atoms with Crippen molar-refractivity contribution in [1.82, 2.24) is 4.90 Å². The van der Waals surface area contributed by atoms with Crippen molar-refractivity contribution in [2.24, 2.45) is 0 Å². The molecule has 1 fully saturated rings. The molecule has 4 aromatic rings. The van der Waals surface area contributed by atoms with Crippen molar-refractivity contribution >= 4 is 11.6 Å². The van der Waals surface area contributed by atoms with Crippen molar-refractivity contribution < 1.29 is 13.9 Å². The Kier molecular flexibility index (Phi) is 7.85. The fourth-order valence-electron chi connectivity index (χ4n) is 6.55. The van der Waals surface area contributed by atoms with Crippen LogP contribution in [-0.2, 0) is 23.9 Å². The van der Waals surface area contributed by atoms with Gasteiger partial charge in [-0.15, -0.1) is 0 Å². The van der Waals surface area contributed by atoms with E-state index in [1.807, 2.05) is 47.4 Å². The first-order valence-corrected chi connectivity index (χ1v) is 15.6. The molecule has 2 aliphatic rings.